The molecule has 0 N–H and O–H groups in total. The molecule has 0 saturated heterocycles. The number of hydrogen-bond donors (Lipinski definition) is 0. The molecule has 0 fully saturated rings. The van der Waals surface area contributed by atoms with Crippen LogP contribution >= 0.6 is 0 Å². The molecule has 1 aliphatic heterocycles. The Morgan fingerprint density at radius 2 is 1.60 bits per heavy atom. The van der Waals surface area contributed by atoms with Crippen LogP contribution in [0.2, 0.25) is 0 Å². The molecule has 4 rings (SSSR count). The van der Waals surface area contributed by atoms with Gasteiger partial charge in [0.05, 0.1) is 27.2 Å². The van der Waals surface area contributed by atoms with Crippen LogP contribution in [0.15, 0.2) is 83.8 Å². The summed E-state index contributed by atoms with van der Waals surface area (Å²) in [6, 6.07) is 24.2. The fourth-order valence-corrected chi connectivity index (χ4v) is 5.17. The molecule has 3 nitrogen and oxygen atoms in total. The zero-order valence-electron chi connectivity index (χ0n) is 17.0. The van der Waals surface area contributed by atoms with Gasteiger partial charge in [-0.15, -0.1) is 0 Å². The third-order valence-corrected chi connectivity index (χ3v) is 6.70. The predicted molar refractivity (Wildman–Crippen MR) is 122 cm³/mol. The van der Waals surface area contributed by atoms with Crippen molar-refractivity contribution in [2.45, 2.75) is 31.1 Å². The fourth-order valence-electron chi connectivity index (χ4n) is 3.62. The first kappa shape index (κ1) is 20.3. The Morgan fingerprint density at radius 3 is 2.30 bits per heavy atom. The van der Waals surface area contributed by atoms with E-state index in [0.717, 1.165) is 30.4 Å². The minimum atomic E-state index is -1.45. The maximum Gasteiger partial charge on any atom is 0.194 e. The van der Waals surface area contributed by atoms with Crippen molar-refractivity contribution in [3.63, 3.8) is 0 Å². The minimum absolute atomic E-state index is 0.113. The zero-order valence-corrected chi connectivity index (χ0v) is 17.8. The van der Waals surface area contributed by atoms with Gasteiger partial charge in [-0.3, -0.25) is 4.79 Å². The normalized spacial score (nSPS) is 15.2. The number of Topliss-reactive ketones (excluding diaryl/α,β-unsaturated/α-hetero) is 1. The number of unbranched alkanes of at least 4 members (excludes halogenated alkanes) is 2. The molecule has 0 bridgehead atoms. The Hall–Kier alpha value is -2.98. The van der Waals surface area contributed by atoms with E-state index in [1.807, 2.05) is 66.7 Å². The SMILES string of the molecule is CCCCCOc1ccc2c(c1)S(=O)C(c1ccccc1)=C2C(=O)c1ccccc1. The number of carbonyl (C=O) groups is 1. The van der Waals surface area contributed by atoms with E-state index in [0.29, 0.717) is 33.3 Å². The van der Waals surface area contributed by atoms with E-state index in [4.69, 9.17) is 4.74 Å². The van der Waals surface area contributed by atoms with Crippen LogP contribution in [0, 0.1) is 0 Å². The molecule has 1 aliphatic rings. The zero-order chi connectivity index (χ0) is 20.9. The van der Waals surface area contributed by atoms with Crippen LogP contribution in [0.5, 0.6) is 5.75 Å². The molecule has 4 heteroatoms. The second kappa shape index (κ2) is 9.23. The van der Waals surface area contributed by atoms with Crippen LogP contribution in [0.4, 0.5) is 0 Å². The van der Waals surface area contributed by atoms with Crippen molar-refractivity contribution in [2.75, 3.05) is 6.61 Å². The van der Waals surface area contributed by atoms with Gasteiger partial charge in [-0.1, -0.05) is 80.4 Å². The van der Waals surface area contributed by atoms with Gasteiger partial charge in [0, 0.05) is 16.7 Å². The van der Waals surface area contributed by atoms with Crippen molar-refractivity contribution in [3.05, 3.63) is 95.6 Å². The van der Waals surface area contributed by atoms with Crippen LogP contribution in [0.25, 0.3) is 10.5 Å². The number of allylic oxidation sites excluding steroid dienone is 1. The number of rotatable bonds is 8. The summed E-state index contributed by atoms with van der Waals surface area (Å²) in [7, 11) is -1.45. The summed E-state index contributed by atoms with van der Waals surface area (Å²) in [6.07, 6.45) is 3.24. The van der Waals surface area contributed by atoms with E-state index in [1.54, 1.807) is 12.1 Å². The highest BCUT2D eigenvalue weighted by Crippen LogP contribution is 2.44. The highest BCUT2D eigenvalue weighted by molar-refractivity contribution is 7.95. The lowest BCUT2D eigenvalue weighted by Gasteiger charge is -2.09. The van der Waals surface area contributed by atoms with Crippen LogP contribution in [-0.4, -0.2) is 16.6 Å². The smallest absolute Gasteiger partial charge is 0.194 e. The second-order valence-electron chi connectivity index (χ2n) is 7.25. The number of ether oxygens (including phenoxy) is 1. The van der Waals surface area contributed by atoms with Crippen LogP contribution < -0.4 is 4.74 Å². The molecule has 1 heterocycles. The molecule has 30 heavy (non-hydrogen) atoms. The number of carbonyl (C=O) groups excluding carboxylic acids is 1. The maximum absolute atomic E-state index is 13.5. The third-order valence-electron chi connectivity index (χ3n) is 5.15. The third kappa shape index (κ3) is 4.01. The van der Waals surface area contributed by atoms with E-state index < -0.39 is 10.8 Å². The lowest BCUT2D eigenvalue weighted by Crippen LogP contribution is -2.03. The molecule has 0 amide bonds. The Balaban J connectivity index is 1.77. The van der Waals surface area contributed by atoms with E-state index in [1.165, 1.54) is 0 Å². The molecule has 0 aromatic heterocycles. The largest absolute Gasteiger partial charge is 0.494 e. The predicted octanol–water partition coefficient (Wildman–Crippen LogP) is 6.13. The first-order valence-corrected chi connectivity index (χ1v) is 11.4. The average molecular weight is 417 g/mol. The van der Waals surface area contributed by atoms with Gasteiger partial charge in [0.2, 0.25) is 0 Å². The van der Waals surface area contributed by atoms with Gasteiger partial charge in [-0.25, -0.2) is 4.21 Å². The summed E-state index contributed by atoms with van der Waals surface area (Å²) >= 11 is 0. The van der Waals surface area contributed by atoms with Crippen molar-refractivity contribution < 1.29 is 13.7 Å². The van der Waals surface area contributed by atoms with Crippen LogP contribution in [-0.2, 0) is 10.8 Å². The Bertz CT molecular complexity index is 1100. The van der Waals surface area contributed by atoms with Crippen molar-refractivity contribution >= 4 is 27.1 Å². The van der Waals surface area contributed by atoms with Crippen LogP contribution in [0.1, 0.15) is 47.7 Å². The van der Waals surface area contributed by atoms with E-state index in [9.17, 15) is 9.00 Å². The van der Waals surface area contributed by atoms with Gasteiger partial charge in [0.25, 0.3) is 0 Å². The monoisotopic (exact) mass is 416 g/mol. The summed E-state index contributed by atoms with van der Waals surface area (Å²) in [5.74, 6) is 0.581. The first-order chi connectivity index (χ1) is 14.7. The molecule has 0 saturated carbocycles. The molecule has 3 aromatic rings. The summed E-state index contributed by atoms with van der Waals surface area (Å²) < 4.78 is 19.4. The standard InChI is InChI=1S/C26H24O3S/c1-2-3-10-17-29-21-15-16-22-23(18-21)30(28)26(20-13-8-5-9-14-20)24(22)25(27)19-11-6-4-7-12-19/h4-9,11-16,18H,2-3,10,17H2,1H3. The average Bonchev–Trinajstić information content (AvgIpc) is 3.09. The van der Waals surface area contributed by atoms with Crippen LogP contribution in [0.3, 0.4) is 0 Å². The number of hydrogen-bond acceptors (Lipinski definition) is 3. The first-order valence-electron chi connectivity index (χ1n) is 10.3. The van der Waals surface area contributed by atoms with Crippen molar-refractivity contribution in [1.29, 1.82) is 0 Å². The molecule has 152 valence electrons. The fraction of sp³-hybridized carbons (Fsp3) is 0.192. The van der Waals surface area contributed by atoms with Gasteiger partial charge in [0.15, 0.2) is 5.78 Å². The lowest BCUT2D eigenvalue weighted by molar-refractivity contribution is 0.105. The summed E-state index contributed by atoms with van der Waals surface area (Å²) in [4.78, 5) is 14.7. The molecule has 0 spiro atoms. The van der Waals surface area contributed by atoms with Gasteiger partial charge in [-0.05, 0) is 30.2 Å². The van der Waals surface area contributed by atoms with Gasteiger partial charge < -0.3 is 4.74 Å². The van der Waals surface area contributed by atoms with E-state index in [2.05, 4.69) is 6.92 Å². The van der Waals surface area contributed by atoms with E-state index >= 15 is 0 Å². The van der Waals surface area contributed by atoms with Crippen molar-refractivity contribution in [2.24, 2.45) is 0 Å². The number of ketones is 1. The topological polar surface area (TPSA) is 43.4 Å². The summed E-state index contributed by atoms with van der Waals surface area (Å²) in [5.41, 5.74) is 2.63. The quantitative estimate of drug-likeness (QED) is 0.328. The number of fused-ring (bicyclic) bond motifs is 1. The van der Waals surface area contributed by atoms with Crippen molar-refractivity contribution in [1.82, 2.24) is 0 Å². The molecule has 0 radical (unpaired) electrons. The Labute approximate surface area is 179 Å². The molecular weight excluding hydrogens is 392 g/mol. The summed E-state index contributed by atoms with van der Waals surface area (Å²) in [6.45, 7) is 2.79. The molecular formula is C26H24O3S. The highest BCUT2D eigenvalue weighted by atomic mass is 32.2. The second-order valence-corrected chi connectivity index (χ2v) is 8.63. The van der Waals surface area contributed by atoms with Crippen molar-refractivity contribution in [3.8, 4) is 5.75 Å². The Morgan fingerprint density at radius 1 is 0.900 bits per heavy atom. The molecule has 1 atom stereocenters. The molecule has 1 unspecified atom stereocenters. The minimum Gasteiger partial charge on any atom is -0.494 e. The molecule has 3 aromatic carbocycles. The van der Waals surface area contributed by atoms with Gasteiger partial charge >= 0.3 is 0 Å². The maximum atomic E-state index is 13.5. The van der Waals surface area contributed by atoms with Gasteiger partial charge in [0.1, 0.15) is 5.75 Å². The van der Waals surface area contributed by atoms with E-state index in [-0.39, 0.29) is 5.78 Å². The van der Waals surface area contributed by atoms with Gasteiger partial charge in [-0.2, -0.15) is 0 Å². The Kier molecular flexibility index (Phi) is 6.24. The summed E-state index contributed by atoms with van der Waals surface area (Å²) in [5, 5.41) is 0. The highest BCUT2D eigenvalue weighted by Gasteiger charge is 2.34. The number of benzene rings is 3. The molecule has 0 aliphatic carbocycles. The lowest BCUT2D eigenvalue weighted by atomic mass is 9.94.